The summed E-state index contributed by atoms with van der Waals surface area (Å²) in [4.78, 5) is 14.3. The number of halogens is 1. The van der Waals surface area contributed by atoms with Crippen molar-refractivity contribution in [3.8, 4) is 0 Å². The van der Waals surface area contributed by atoms with Crippen molar-refractivity contribution in [1.29, 1.82) is 0 Å². The third-order valence-corrected chi connectivity index (χ3v) is 3.91. The molecule has 19 heavy (non-hydrogen) atoms. The lowest BCUT2D eigenvalue weighted by Crippen LogP contribution is -2.40. The van der Waals surface area contributed by atoms with E-state index in [1.807, 2.05) is 4.90 Å². The topological polar surface area (TPSA) is 68.6 Å². The first-order valence-corrected chi connectivity index (χ1v) is 8.08. The summed E-state index contributed by atoms with van der Waals surface area (Å²) in [7, 11) is -2.48. The number of aromatic nitrogens is 1. The van der Waals surface area contributed by atoms with Crippen LogP contribution in [-0.4, -0.2) is 45.0 Å². The molecule has 2 heterocycles. The monoisotopic (exact) mass is 350 g/mol. The van der Waals surface area contributed by atoms with Crippen molar-refractivity contribution in [2.75, 3.05) is 37.0 Å². The molecule has 1 saturated heterocycles. The third-order valence-electron chi connectivity index (χ3n) is 2.91. The van der Waals surface area contributed by atoms with E-state index in [-0.39, 0.29) is 17.9 Å². The Morgan fingerprint density at radius 1 is 1.32 bits per heavy atom. The Hall–Kier alpha value is -0.860. The van der Waals surface area contributed by atoms with E-state index in [1.165, 1.54) is 4.57 Å². The van der Waals surface area contributed by atoms with Crippen LogP contribution < -0.4 is 10.5 Å². The molecule has 0 N–H and O–H groups in total. The van der Waals surface area contributed by atoms with Crippen molar-refractivity contribution >= 4 is 32.3 Å². The van der Waals surface area contributed by atoms with E-state index in [0.717, 1.165) is 4.47 Å². The van der Waals surface area contributed by atoms with Crippen LogP contribution in [0.2, 0.25) is 0 Å². The molecule has 0 atom stereocenters. The molecule has 1 fully saturated rings. The van der Waals surface area contributed by atoms with Crippen molar-refractivity contribution in [1.82, 2.24) is 4.57 Å². The zero-order valence-electron chi connectivity index (χ0n) is 10.2. The van der Waals surface area contributed by atoms with E-state index in [1.54, 1.807) is 12.3 Å². The van der Waals surface area contributed by atoms with Crippen molar-refractivity contribution in [3.63, 3.8) is 0 Å². The molecule has 0 amide bonds. The van der Waals surface area contributed by atoms with E-state index in [0.29, 0.717) is 32.0 Å². The average Bonchev–Trinajstić information content (AvgIpc) is 2.40. The van der Waals surface area contributed by atoms with Gasteiger partial charge in [0.2, 0.25) is 0 Å². The van der Waals surface area contributed by atoms with Gasteiger partial charge in [0.05, 0.1) is 19.0 Å². The lowest BCUT2D eigenvalue weighted by molar-refractivity contribution is 0.122. The summed E-state index contributed by atoms with van der Waals surface area (Å²) < 4.78 is 28.7. The molecule has 0 saturated carbocycles. The first-order valence-electron chi connectivity index (χ1n) is 5.92. The summed E-state index contributed by atoms with van der Waals surface area (Å²) in [6, 6.07) is 1.77. The molecule has 0 spiro atoms. The number of rotatable bonds is 4. The molecule has 106 valence electrons. The minimum atomic E-state index is -2.48. The van der Waals surface area contributed by atoms with Crippen molar-refractivity contribution < 1.29 is 13.2 Å². The van der Waals surface area contributed by atoms with Gasteiger partial charge in [0, 0.05) is 30.3 Å². The number of morpholine rings is 1. The summed E-state index contributed by atoms with van der Waals surface area (Å²) in [6.07, 6.45) is 1.62. The SMILES string of the molecule is O=c1c(N2CCOCC2)cc(Br)cn1CC[SH](=O)=O. The molecule has 1 aromatic rings. The summed E-state index contributed by atoms with van der Waals surface area (Å²) >= 11 is 3.35. The second-order valence-electron chi connectivity index (χ2n) is 4.20. The number of nitrogens with zero attached hydrogens (tertiary/aromatic N) is 2. The average molecular weight is 351 g/mol. The quantitative estimate of drug-likeness (QED) is 0.777. The Kier molecular flexibility index (Phi) is 5.00. The van der Waals surface area contributed by atoms with E-state index in [4.69, 9.17) is 4.74 Å². The molecule has 0 unspecified atom stereocenters. The van der Waals surface area contributed by atoms with Gasteiger partial charge in [-0.3, -0.25) is 4.79 Å². The normalized spacial score (nSPS) is 16.0. The van der Waals surface area contributed by atoms with Gasteiger partial charge >= 0.3 is 0 Å². The predicted molar refractivity (Wildman–Crippen MR) is 76.6 cm³/mol. The highest BCUT2D eigenvalue weighted by molar-refractivity contribution is 9.10. The molecule has 1 aliphatic heterocycles. The molecule has 6 nitrogen and oxygen atoms in total. The highest BCUT2D eigenvalue weighted by Gasteiger charge is 2.16. The highest BCUT2D eigenvalue weighted by atomic mass is 79.9. The zero-order valence-corrected chi connectivity index (χ0v) is 12.7. The largest absolute Gasteiger partial charge is 0.378 e. The number of pyridine rings is 1. The molecule has 0 aliphatic carbocycles. The van der Waals surface area contributed by atoms with Gasteiger partial charge in [-0.1, -0.05) is 0 Å². The Balaban J connectivity index is 2.30. The van der Waals surface area contributed by atoms with Crippen LogP contribution in [0.3, 0.4) is 0 Å². The lowest BCUT2D eigenvalue weighted by Gasteiger charge is -2.28. The van der Waals surface area contributed by atoms with Gasteiger partial charge in [-0.25, -0.2) is 8.42 Å². The van der Waals surface area contributed by atoms with E-state index in [9.17, 15) is 13.2 Å². The van der Waals surface area contributed by atoms with E-state index >= 15 is 0 Å². The Bertz CT molecular complexity index is 571. The molecular formula is C11H15BrN2O4S. The minimum Gasteiger partial charge on any atom is -0.378 e. The molecular weight excluding hydrogens is 336 g/mol. The highest BCUT2D eigenvalue weighted by Crippen LogP contribution is 2.17. The van der Waals surface area contributed by atoms with Crippen LogP contribution in [0, 0.1) is 0 Å². The van der Waals surface area contributed by atoms with E-state index < -0.39 is 10.7 Å². The van der Waals surface area contributed by atoms with Gasteiger partial charge in [-0.15, -0.1) is 0 Å². The number of hydrogen-bond acceptors (Lipinski definition) is 5. The fraction of sp³-hybridized carbons (Fsp3) is 0.545. The minimum absolute atomic E-state index is 0.0335. The molecule has 0 radical (unpaired) electrons. The molecule has 0 aromatic carbocycles. The summed E-state index contributed by atoms with van der Waals surface area (Å²) in [5.74, 6) is -0.0335. The van der Waals surface area contributed by atoms with Crippen molar-refractivity contribution in [2.45, 2.75) is 6.54 Å². The van der Waals surface area contributed by atoms with Crippen LogP contribution in [0.1, 0.15) is 0 Å². The Morgan fingerprint density at radius 3 is 2.63 bits per heavy atom. The second kappa shape index (κ2) is 6.53. The number of thiol groups is 1. The smallest absolute Gasteiger partial charge is 0.274 e. The maximum Gasteiger partial charge on any atom is 0.274 e. The van der Waals surface area contributed by atoms with E-state index in [2.05, 4.69) is 15.9 Å². The summed E-state index contributed by atoms with van der Waals surface area (Å²) in [5.41, 5.74) is 0.417. The number of aryl methyl sites for hydroxylation is 1. The first kappa shape index (κ1) is 14.5. The van der Waals surface area contributed by atoms with Crippen LogP contribution in [0.25, 0.3) is 0 Å². The first-order chi connectivity index (χ1) is 9.08. The van der Waals surface area contributed by atoms with Crippen LogP contribution in [0.4, 0.5) is 5.69 Å². The number of anilines is 1. The lowest BCUT2D eigenvalue weighted by atomic mass is 10.3. The summed E-state index contributed by atoms with van der Waals surface area (Å²) in [5, 5.41) is 0. The van der Waals surface area contributed by atoms with Gasteiger partial charge in [-0.05, 0) is 22.0 Å². The van der Waals surface area contributed by atoms with Crippen LogP contribution >= 0.6 is 15.9 Å². The van der Waals surface area contributed by atoms with Crippen molar-refractivity contribution in [3.05, 3.63) is 27.1 Å². The fourth-order valence-corrected chi connectivity index (χ4v) is 2.81. The Labute approximate surface area is 121 Å². The Morgan fingerprint density at radius 2 is 2.00 bits per heavy atom. The van der Waals surface area contributed by atoms with Gasteiger partial charge < -0.3 is 14.2 Å². The molecule has 8 heteroatoms. The zero-order chi connectivity index (χ0) is 13.8. The maximum atomic E-state index is 12.3. The van der Waals surface area contributed by atoms with Gasteiger partial charge in [0.1, 0.15) is 16.4 Å². The predicted octanol–water partition coefficient (Wildman–Crippen LogP) is 0.0588. The third kappa shape index (κ3) is 3.80. The van der Waals surface area contributed by atoms with Gasteiger partial charge in [0.15, 0.2) is 0 Å². The van der Waals surface area contributed by atoms with Crippen LogP contribution in [-0.2, 0) is 22.0 Å². The van der Waals surface area contributed by atoms with Gasteiger partial charge in [0.25, 0.3) is 5.56 Å². The number of hydrogen-bond donors (Lipinski definition) is 1. The molecule has 1 aliphatic rings. The molecule has 2 rings (SSSR count). The number of ether oxygens (including phenoxy) is 1. The maximum absolute atomic E-state index is 12.3. The second-order valence-corrected chi connectivity index (χ2v) is 6.23. The molecule has 0 bridgehead atoms. The van der Waals surface area contributed by atoms with Crippen LogP contribution in [0.15, 0.2) is 21.5 Å². The van der Waals surface area contributed by atoms with Gasteiger partial charge in [-0.2, -0.15) is 0 Å². The summed E-state index contributed by atoms with van der Waals surface area (Å²) in [6.45, 7) is 2.70. The van der Waals surface area contributed by atoms with Crippen molar-refractivity contribution in [2.24, 2.45) is 0 Å². The fourth-order valence-electron chi connectivity index (χ4n) is 1.97. The molecule has 1 aromatic heterocycles. The van der Waals surface area contributed by atoms with Crippen LogP contribution in [0.5, 0.6) is 0 Å². The standard InChI is InChI=1S/C11H15BrN2O4S/c12-9-7-10(13-1-4-18-5-2-13)11(15)14(8-9)3-6-19(16)17/h7-8,19H,1-6H2.